The van der Waals surface area contributed by atoms with Gasteiger partial charge in [0.1, 0.15) is 10.8 Å². The molecule has 0 spiro atoms. The number of aryl methyl sites for hydroxylation is 1. The number of fused-ring (bicyclic) bond motifs is 2. The molecule has 25 heavy (non-hydrogen) atoms. The molecule has 3 heterocycles. The van der Waals surface area contributed by atoms with Gasteiger partial charge in [-0.2, -0.15) is 5.10 Å². The van der Waals surface area contributed by atoms with Crippen LogP contribution in [-0.2, 0) is 7.05 Å². The molecule has 0 unspecified atom stereocenters. The third kappa shape index (κ3) is 2.26. The Kier molecular flexibility index (Phi) is 3.02. The largest absolute Gasteiger partial charge is 0.350 e. The summed E-state index contributed by atoms with van der Waals surface area (Å²) in [6, 6.07) is 14.6. The average Bonchev–Trinajstić information content (AvgIpc) is 3.27. The molecule has 0 aliphatic heterocycles. The minimum Gasteiger partial charge on any atom is -0.350 e. The highest BCUT2D eigenvalue weighted by atomic mass is 32.1. The summed E-state index contributed by atoms with van der Waals surface area (Å²) in [5.41, 5.74) is 3.96. The Bertz CT molecular complexity index is 1180. The van der Waals surface area contributed by atoms with E-state index in [1.54, 1.807) is 28.0 Å². The van der Waals surface area contributed by atoms with Gasteiger partial charge in [-0.3, -0.25) is 0 Å². The molecule has 6 heteroatoms. The van der Waals surface area contributed by atoms with E-state index in [2.05, 4.69) is 27.9 Å². The molecule has 5 aromatic rings. The van der Waals surface area contributed by atoms with Crippen LogP contribution in [0.4, 0.5) is 4.39 Å². The Morgan fingerprint density at radius 3 is 2.60 bits per heavy atom. The van der Waals surface area contributed by atoms with E-state index in [0.29, 0.717) is 0 Å². The quantitative estimate of drug-likeness (QED) is 0.461. The molecule has 4 nitrogen and oxygen atoms in total. The second-order valence-electron chi connectivity index (χ2n) is 5.94. The molecule has 122 valence electrons. The number of para-hydroxylation sites is 1. The number of halogens is 1. The van der Waals surface area contributed by atoms with E-state index in [-0.39, 0.29) is 5.82 Å². The second-order valence-corrected chi connectivity index (χ2v) is 6.89. The molecule has 0 fully saturated rings. The first-order valence-electron chi connectivity index (χ1n) is 7.85. The van der Waals surface area contributed by atoms with E-state index >= 15 is 0 Å². The van der Waals surface area contributed by atoms with E-state index in [1.165, 1.54) is 23.0 Å². The van der Waals surface area contributed by atoms with Gasteiger partial charge in [0, 0.05) is 35.3 Å². The van der Waals surface area contributed by atoms with Crippen LogP contribution in [0.15, 0.2) is 60.9 Å². The lowest BCUT2D eigenvalue weighted by molar-refractivity contribution is 0.628. The first-order valence-corrected chi connectivity index (χ1v) is 8.67. The predicted molar refractivity (Wildman–Crippen MR) is 98.2 cm³/mol. The highest BCUT2D eigenvalue weighted by Gasteiger charge is 2.15. The summed E-state index contributed by atoms with van der Waals surface area (Å²) in [4.78, 5) is 5.46. The van der Waals surface area contributed by atoms with Gasteiger partial charge < -0.3 is 4.57 Å². The third-order valence-electron chi connectivity index (χ3n) is 4.31. The van der Waals surface area contributed by atoms with Crippen LogP contribution in [-0.4, -0.2) is 19.2 Å². The van der Waals surface area contributed by atoms with Crippen LogP contribution in [0, 0.1) is 5.82 Å². The zero-order valence-corrected chi connectivity index (χ0v) is 14.2. The molecule has 0 aliphatic rings. The highest BCUT2D eigenvalue weighted by Crippen LogP contribution is 2.33. The minimum absolute atomic E-state index is 0.249. The van der Waals surface area contributed by atoms with Crippen molar-refractivity contribution in [1.82, 2.24) is 19.2 Å². The van der Waals surface area contributed by atoms with Crippen molar-refractivity contribution in [2.45, 2.75) is 0 Å². The van der Waals surface area contributed by atoms with Crippen LogP contribution in [0.25, 0.3) is 37.7 Å². The fraction of sp³-hybridized carbons (Fsp3) is 0.0526. The van der Waals surface area contributed by atoms with Crippen molar-refractivity contribution in [3.05, 3.63) is 66.7 Å². The SMILES string of the molecule is Cn1cc(-c2nn3cc(-c4ccc(F)cc4)nc3s2)c2ccccc21. The zero-order chi connectivity index (χ0) is 17.0. The fourth-order valence-electron chi connectivity index (χ4n) is 3.08. The Morgan fingerprint density at radius 1 is 1.00 bits per heavy atom. The van der Waals surface area contributed by atoms with Gasteiger partial charge in [0.25, 0.3) is 0 Å². The van der Waals surface area contributed by atoms with Gasteiger partial charge in [-0.05, 0) is 30.3 Å². The zero-order valence-electron chi connectivity index (χ0n) is 13.3. The topological polar surface area (TPSA) is 35.1 Å². The van der Waals surface area contributed by atoms with E-state index in [0.717, 1.165) is 26.8 Å². The highest BCUT2D eigenvalue weighted by molar-refractivity contribution is 7.20. The van der Waals surface area contributed by atoms with E-state index in [4.69, 9.17) is 5.10 Å². The number of rotatable bonds is 2. The molecular weight excluding hydrogens is 335 g/mol. The van der Waals surface area contributed by atoms with Crippen molar-refractivity contribution in [3.63, 3.8) is 0 Å². The lowest BCUT2D eigenvalue weighted by atomic mass is 10.2. The van der Waals surface area contributed by atoms with Crippen molar-refractivity contribution >= 4 is 27.2 Å². The van der Waals surface area contributed by atoms with Crippen molar-refractivity contribution in [2.24, 2.45) is 7.05 Å². The molecule has 2 aromatic carbocycles. The van der Waals surface area contributed by atoms with Crippen molar-refractivity contribution in [2.75, 3.05) is 0 Å². The van der Waals surface area contributed by atoms with Gasteiger partial charge in [-0.15, -0.1) is 0 Å². The summed E-state index contributed by atoms with van der Waals surface area (Å²) >= 11 is 1.55. The van der Waals surface area contributed by atoms with E-state index in [1.807, 2.05) is 25.4 Å². The number of benzene rings is 2. The summed E-state index contributed by atoms with van der Waals surface area (Å²) in [6.45, 7) is 0. The number of hydrogen-bond acceptors (Lipinski definition) is 3. The standard InChI is InChI=1S/C19H13FN4S/c1-23-10-15(14-4-2-3-5-17(14)23)18-22-24-11-16(21-19(24)25-18)12-6-8-13(20)9-7-12/h2-11H,1H3. The van der Waals surface area contributed by atoms with Crippen molar-refractivity contribution < 1.29 is 4.39 Å². The molecule has 0 radical (unpaired) electrons. The van der Waals surface area contributed by atoms with Crippen molar-refractivity contribution in [1.29, 1.82) is 0 Å². The Hall–Kier alpha value is -2.99. The van der Waals surface area contributed by atoms with Gasteiger partial charge in [0.15, 0.2) is 0 Å². The fourth-order valence-corrected chi connectivity index (χ4v) is 3.99. The monoisotopic (exact) mass is 348 g/mol. The molecule has 0 amide bonds. The van der Waals surface area contributed by atoms with E-state index in [9.17, 15) is 4.39 Å². The molecular formula is C19H13FN4S. The first kappa shape index (κ1) is 14.4. The van der Waals surface area contributed by atoms with E-state index < -0.39 is 0 Å². The Labute approximate surface area is 146 Å². The molecule has 0 atom stereocenters. The van der Waals surface area contributed by atoms with Gasteiger partial charge in [-0.25, -0.2) is 13.9 Å². The average molecular weight is 348 g/mol. The molecule has 0 bridgehead atoms. The number of nitrogens with zero attached hydrogens (tertiary/aromatic N) is 4. The summed E-state index contributed by atoms with van der Waals surface area (Å²) in [5, 5.41) is 6.81. The normalized spacial score (nSPS) is 11.6. The summed E-state index contributed by atoms with van der Waals surface area (Å²) in [7, 11) is 2.04. The molecule has 0 aliphatic carbocycles. The smallest absolute Gasteiger partial charge is 0.213 e. The summed E-state index contributed by atoms with van der Waals surface area (Å²) < 4.78 is 17.0. The van der Waals surface area contributed by atoms with Crippen LogP contribution in [0.1, 0.15) is 0 Å². The van der Waals surface area contributed by atoms with Gasteiger partial charge in [0.2, 0.25) is 4.96 Å². The van der Waals surface area contributed by atoms with Crippen LogP contribution in [0.2, 0.25) is 0 Å². The predicted octanol–water partition coefficient (Wildman–Crippen LogP) is 4.76. The molecule has 3 aromatic heterocycles. The number of hydrogen-bond donors (Lipinski definition) is 0. The van der Waals surface area contributed by atoms with Crippen LogP contribution in [0.3, 0.4) is 0 Å². The minimum atomic E-state index is -0.249. The second kappa shape index (κ2) is 5.26. The summed E-state index contributed by atoms with van der Waals surface area (Å²) in [6.07, 6.45) is 3.98. The maximum absolute atomic E-state index is 13.1. The lowest BCUT2D eigenvalue weighted by Gasteiger charge is -1.95. The Balaban J connectivity index is 1.61. The number of imidazole rings is 1. The van der Waals surface area contributed by atoms with Crippen LogP contribution < -0.4 is 0 Å². The van der Waals surface area contributed by atoms with Gasteiger partial charge in [-0.1, -0.05) is 29.5 Å². The molecule has 0 N–H and O–H groups in total. The maximum Gasteiger partial charge on any atom is 0.213 e. The van der Waals surface area contributed by atoms with Crippen LogP contribution >= 0.6 is 11.3 Å². The van der Waals surface area contributed by atoms with Gasteiger partial charge >= 0.3 is 0 Å². The maximum atomic E-state index is 13.1. The van der Waals surface area contributed by atoms with Crippen LogP contribution in [0.5, 0.6) is 0 Å². The summed E-state index contributed by atoms with van der Waals surface area (Å²) in [5.74, 6) is -0.249. The molecule has 5 rings (SSSR count). The molecule has 0 saturated carbocycles. The van der Waals surface area contributed by atoms with Crippen molar-refractivity contribution in [3.8, 4) is 21.8 Å². The Morgan fingerprint density at radius 2 is 1.80 bits per heavy atom. The first-order chi connectivity index (χ1) is 12.2. The molecule has 0 saturated heterocycles. The third-order valence-corrected chi connectivity index (χ3v) is 5.27. The van der Waals surface area contributed by atoms with Gasteiger partial charge in [0.05, 0.1) is 11.9 Å². The lowest BCUT2D eigenvalue weighted by Crippen LogP contribution is -1.83. The number of aromatic nitrogens is 4.